The second-order valence-electron chi connectivity index (χ2n) is 10.7. The molecule has 2 fully saturated rings. The van der Waals surface area contributed by atoms with Crippen molar-refractivity contribution < 1.29 is 19.0 Å². The van der Waals surface area contributed by atoms with Crippen LogP contribution in [0.2, 0.25) is 0 Å². The van der Waals surface area contributed by atoms with Crippen LogP contribution in [-0.2, 0) is 4.74 Å². The van der Waals surface area contributed by atoms with E-state index < -0.39 is 0 Å². The van der Waals surface area contributed by atoms with E-state index in [2.05, 4.69) is 19.2 Å². The summed E-state index contributed by atoms with van der Waals surface area (Å²) in [6.45, 7) is 8.39. The standard InChI is InChI=1S/C29H43N3O4.2ClH/c1-21(2)19-32(23-11-8-14-30-18-23)29(33)25-17-27(35-16-15-34-3)24-12-7-13-26(28(24)31-25)36-20-22-9-5-4-6-10-22;;/h7,12-13,17,21-23,30H,4-6,8-11,14-16,18-20H2,1-3H3;2*1H/t23-;;/m1../s1. The van der Waals surface area contributed by atoms with E-state index in [0.717, 1.165) is 37.1 Å². The van der Waals surface area contributed by atoms with Crippen molar-refractivity contribution in [1.82, 2.24) is 15.2 Å². The Labute approximate surface area is 240 Å². The van der Waals surface area contributed by atoms with E-state index in [9.17, 15) is 4.79 Å². The molecule has 1 aromatic heterocycles. The number of amides is 1. The average molecular weight is 571 g/mol. The van der Waals surface area contributed by atoms with Crippen molar-refractivity contribution in [3.63, 3.8) is 0 Å². The molecule has 1 aliphatic carbocycles. The molecule has 0 radical (unpaired) electrons. The first kappa shape index (κ1) is 32.4. The molecule has 1 N–H and O–H groups in total. The van der Waals surface area contributed by atoms with Crippen molar-refractivity contribution in [2.75, 3.05) is 46.6 Å². The van der Waals surface area contributed by atoms with Crippen LogP contribution in [0.3, 0.4) is 0 Å². The highest BCUT2D eigenvalue weighted by Gasteiger charge is 2.29. The summed E-state index contributed by atoms with van der Waals surface area (Å²) >= 11 is 0. The van der Waals surface area contributed by atoms with Crippen LogP contribution in [0.15, 0.2) is 24.3 Å². The van der Waals surface area contributed by atoms with Gasteiger partial charge in [0.15, 0.2) is 0 Å². The van der Waals surface area contributed by atoms with Gasteiger partial charge in [-0.25, -0.2) is 4.98 Å². The number of methoxy groups -OCH3 is 1. The summed E-state index contributed by atoms with van der Waals surface area (Å²) in [6.07, 6.45) is 8.39. The van der Waals surface area contributed by atoms with Gasteiger partial charge in [-0.1, -0.05) is 39.2 Å². The minimum atomic E-state index is -0.0435. The van der Waals surface area contributed by atoms with Crippen LogP contribution in [-0.4, -0.2) is 68.4 Å². The molecular weight excluding hydrogens is 525 g/mol. The zero-order valence-electron chi connectivity index (χ0n) is 23.1. The van der Waals surface area contributed by atoms with Crippen molar-refractivity contribution in [2.45, 2.75) is 64.8 Å². The van der Waals surface area contributed by atoms with Gasteiger partial charge in [0.2, 0.25) is 0 Å². The molecule has 4 rings (SSSR count). The fourth-order valence-electron chi connectivity index (χ4n) is 5.37. The van der Waals surface area contributed by atoms with Crippen LogP contribution >= 0.6 is 24.8 Å². The van der Waals surface area contributed by atoms with Crippen molar-refractivity contribution in [2.24, 2.45) is 11.8 Å². The molecule has 1 aliphatic heterocycles. The Balaban J connectivity index is 0.00000253. The molecule has 7 nitrogen and oxygen atoms in total. The van der Waals surface area contributed by atoms with Crippen LogP contribution < -0.4 is 14.8 Å². The van der Waals surface area contributed by atoms with Crippen LogP contribution in [0.5, 0.6) is 11.5 Å². The minimum Gasteiger partial charge on any atom is -0.491 e. The number of halogens is 2. The number of aromatic nitrogens is 1. The molecule has 1 saturated heterocycles. The zero-order chi connectivity index (χ0) is 25.3. The second-order valence-corrected chi connectivity index (χ2v) is 10.7. The number of benzene rings is 1. The van der Waals surface area contributed by atoms with Gasteiger partial charge in [-0.15, -0.1) is 24.8 Å². The summed E-state index contributed by atoms with van der Waals surface area (Å²) in [5.74, 6) is 2.27. The van der Waals surface area contributed by atoms with Gasteiger partial charge in [-0.05, 0) is 56.2 Å². The summed E-state index contributed by atoms with van der Waals surface area (Å²) in [5.41, 5.74) is 1.10. The Morgan fingerprint density at radius 3 is 2.53 bits per heavy atom. The highest BCUT2D eigenvalue weighted by atomic mass is 35.5. The van der Waals surface area contributed by atoms with Crippen molar-refractivity contribution in [3.8, 4) is 11.5 Å². The fraction of sp³-hybridized carbons (Fsp3) is 0.655. The molecule has 0 spiro atoms. The van der Waals surface area contributed by atoms with Gasteiger partial charge in [-0.3, -0.25) is 4.79 Å². The van der Waals surface area contributed by atoms with Crippen molar-refractivity contribution >= 4 is 41.6 Å². The normalized spacial score (nSPS) is 17.9. The SMILES string of the molecule is COCCOc1cc(C(=O)N(CC(C)C)[C@@H]2CCCNC2)nc2c(OCC3CCCCC3)cccc12.Cl.Cl. The lowest BCUT2D eigenvalue weighted by atomic mass is 9.90. The number of hydrogen-bond acceptors (Lipinski definition) is 6. The minimum absolute atomic E-state index is 0. The maximum Gasteiger partial charge on any atom is 0.272 e. The number of rotatable bonds is 11. The summed E-state index contributed by atoms with van der Waals surface area (Å²) in [4.78, 5) is 20.8. The summed E-state index contributed by atoms with van der Waals surface area (Å²) in [6, 6.07) is 7.89. The third kappa shape index (κ3) is 8.60. The lowest BCUT2D eigenvalue weighted by molar-refractivity contribution is 0.0614. The molecule has 2 aliphatic rings. The number of nitrogens with one attached hydrogen (secondary N) is 1. The predicted octanol–water partition coefficient (Wildman–Crippen LogP) is 5.91. The second kappa shape index (κ2) is 16.3. The van der Waals surface area contributed by atoms with E-state index in [1.165, 1.54) is 32.1 Å². The first-order valence-corrected chi connectivity index (χ1v) is 13.8. The monoisotopic (exact) mass is 569 g/mol. The molecule has 1 atom stereocenters. The van der Waals surface area contributed by atoms with Gasteiger partial charge < -0.3 is 24.4 Å². The van der Waals surface area contributed by atoms with Crippen LogP contribution in [0.25, 0.3) is 10.9 Å². The number of ether oxygens (including phenoxy) is 3. The first-order chi connectivity index (χ1) is 17.6. The highest BCUT2D eigenvalue weighted by molar-refractivity contribution is 5.98. The molecular formula is C29H45Cl2N3O4. The van der Waals surface area contributed by atoms with E-state index in [1.54, 1.807) is 13.2 Å². The first-order valence-electron chi connectivity index (χ1n) is 13.8. The third-order valence-corrected chi connectivity index (χ3v) is 7.26. The van der Waals surface area contributed by atoms with E-state index in [0.29, 0.717) is 55.2 Å². The largest absolute Gasteiger partial charge is 0.491 e. The summed E-state index contributed by atoms with van der Waals surface area (Å²) in [7, 11) is 1.65. The van der Waals surface area contributed by atoms with Gasteiger partial charge in [0.1, 0.15) is 29.3 Å². The van der Waals surface area contributed by atoms with Gasteiger partial charge in [0.25, 0.3) is 5.91 Å². The van der Waals surface area contributed by atoms with Crippen molar-refractivity contribution in [1.29, 1.82) is 0 Å². The zero-order valence-corrected chi connectivity index (χ0v) is 24.7. The molecule has 1 aromatic carbocycles. The topological polar surface area (TPSA) is 72.9 Å². The molecule has 214 valence electrons. The molecule has 38 heavy (non-hydrogen) atoms. The van der Waals surface area contributed by atoms with E-state index in [4.69, 9.17) is 19.2 Å². The number of para-hydroxylation sites is 1. The number of nitrogens with zero attached hydrogens (tertiary/aromatic N) is 2. The maximum absolute atomic E-state index is 13.9. The third-order valence-electron chi connectivity index (χ3n) is 7.26. The molecule has 2 heterocycles. The Kier molecular flexibility index (Phi) is 13.9. The molecule has 2 aromatic rings. The maximum atomic E-state index is 13.9. The molecule has 1 amide bonds. The Morgan fingerprint density at radius 2 is 1.84 bits per heavy atom. The van der Waals surface area contributed by atoms with Crippen LogP contribution in [0.1, 0.15) is 69.3 Å². The van der Waals surface area contributed by atoms with Crippen molar-refractivity contribution in [3.05, 3.63) is 30.0 Å². The number of piperidine rings is 1. The number of carbonyl (C=O) groups excluding carboxylic acids is 1. The Bertz CT molecular complexity index is 995. The smallest absolute Gasteiger partial charge is 0.272 e. The van der Waals surface area contributed by atoms with Gasteiger partial charge in [0, 0.05) is 37.7 Å². The summed E-state index contributed by atoms with van der Waals surface area (Å²) < 4.78 is 17.6. The average Bonchev–Trinajstić information content (AvgIpc) is 2.91. The van der Waals surface area contributed by atoms with E-state index in [1.807, 2.05) is 23.1 Å². The lowest BCUT2D eigenvalue weighted by Gasteiger charge is -2.35. The van der Waals surface area contributed by atoms with Crippen LogP contribution in [0.4, 0.5) is 0 Å². The lowest BCUT2D eigenvalue weighted by Crippen LogP contribution is -2.50. The molecule has 9 heteroatoms. The van der Waals surface area contributed by atoms with Gasteiger partial charge in [-0.2, -0.15) is 0 Å². The van der Waals surface area contributed by atoms with Gasteiger partial charge >= 0.3 is 0 Å². The highest BCUT2D eigenvalue weighted by Crippen LogP contribution is 2.34. The number of fused-ring (bicyclic) bond motifs is 1. The molecule has 0 unspecified atom stereocenters. The van der Waals surface area contributed by atoms with E-state index >= 15 is 0 Å². The molecule has 1 saturated carbocycles. The fourth-order valence-corrected chi connectivity index (χ4v) is 5.37. The van der Waals surface area contributed by atoms with Crippen LogP contribution in [0, 0.1) is 11.8 Å². The number of pyridine rings is 1. The Morgan fingerprint density at radius 1 is 1.05 bits per heavy atom. The molecule has 0 bridgehead atoms. The number of hydrogen-bond donors (Lipinski definition) is 1. The predicted molar refractivity (Wildman–Crippen MR) is 157 cm³/mol. The quantitative estimate of drug-likeness (QED) is 0.339. The Hall–Kier alpha value is -1.80. The summed E-state index contributed by atoms with van der Waals surface area (Å²) in [5, 5.41) is 4.31. The van der Waals surface area contributed by atoms with E-state index in [-0.39, 0.29) is 36.8 Å². The number of carbonyl (C=O) groups is 1. The van der Waals surface area contributed by atoms with Gasteiger partial charge in [0.05, 0.1) is 13.2 Å².